The Bertz CT molecular complexity index is 849. The molecule has 140 valence electrons. The highest BCUT2D eigenvalue weighted by Crippen LogP contribution is 2.37. The molecule has 0 radical (unpaired) electrons. The number of thiophene rings is 1. The van der Waals surface area contributed by atoms with Crippen LogP contribution in [-0.2, 0) is 9.53 Å². The number of piperidine rings is 1. The van der Waals surface area contributed by atoms with E-state index in [-0.39, 0.29) is 17.8 Å². The second kappa shape index (κ2) is 7.57. The van der Waals surface area contributed by atoms with Gasteiger partial charge in [0.2, 0.25) is 5.91 Å². The smallest absolute Gasteiger partial charge is 0.348 e. The molecule has 0 unspecified atom stereocenters. The molecule has 0 aliphatic carbocycles. The summed E-state index contributed by atoms with van der Waals surface area (Å²) in [7, 11) is 1.67. The molecule has 1 amide bonds. The maximum atomic E-state index is 12.3. The fourth-order valence-corrected chi connectivity index (χ4v) is 4.54. The van der Waals surface area contributed by atoms with Crippen LogP contribution in [0.2, 0.25) is 0 Å². The van der Waals surface area contributed by atoms with E-state index >= 15 is 0 Å². The van der Waals surface area contributed by atoms with E-state index in [2.05, 4.69) is 20.2 Å². The number of carbonyl (C=O) groups is 2. The lowest BCUT2D eigenvalue weighted by molar-refractivity contribution is -0.124. The number of hydrogen-bond donors (Lipinski definition) is 1. The Hall–Kier alpha value is -2.22. The summed E-state index contributed by atoms with van der Waals surface area (Å²) >= 11 is 1.34. The average molecular weight is 376 g/mol. The Kier molecular flexibility index (Phi) is 5.41. The highest BCUT2D eigenvalue weighted by atomic mass is 32.1. The fraction of sp³-hybridized carbons (Fsp3) is 0.556. The van der Waals surface area contributed by atoms with Gasteiger partial charge in [-0.05, 0) is 39.2 Å². The first-order chi connectivity index (χ1) is 12.5. The van der Waals surface area contributed by atoms with Gasteiger partial charge in [0, 0.05) is 20.1 Å². The quantitative estimate of drug-likeness (QED) is 0.825. The number of nitrogens with one attached hydrogen (secondary N) is 1. The fourth-order valence-electron chi connectivity index (χ4n) is 3.43. The number of rotatable bonds is 4. The third kappa shape index (κ3) is 3.38. The third-order valence-corrected chi connectivity index (χ3v) is 5.85. The molecule has 1 aliphatic rings. The van der Waals surface area contributed by atoms with Crippen molar-refractivity contribution in [2.45, 2.75) is 33.6 Å². The van der Waals surface area contributed by atoms with E-state index in [0.717, 1.165) is 41.0 Å². The molecular formula is C18H24N4O3S. The molecule has 3 rings (SSSR count). The first-order valence-electron chi connectivity index (χ1n) is 8.87. The van der Waals surface area contributed by atoms with Crippen LogP contribution >= 0.6 is 11.3 Å². The summed E-state index contributed by atoms with van der Waals surface area (Å²) in [4.78, 5) is 37.0. The maximum absolute atomic E-state index is 12.3. The van der Waals surface area contributed by atoms with Crippen molar-refractivity contribution in [3.8, 4) is 0 Å². The topological polar surface area (TPSA) is 84.4 Å². The number of aromatic nitrogens is 2. The maximum Gasteiger partial charge on any atom is 0.348 e. The van der Waals surface area contributed by atoms with Crippen LogP contribution < -0.4 is 10.2 Å². The highest BCUT2D eigenvalue weighted by molar-refractivity contribution is 7.20. The summed E-state index contributed by atoms with van der Waals surface area (Å²) in [6.45, 7) is 7.35. The lowest BCUT2D eigenvalue weighted by Crippen LogP contribution is -2.42. The van der Waals surface area contributed by atoms with Gasteiger partial charge in [0.25, 0.3) is 0 Å². The number of esters is 1. The van der Waals surface area contributed by atoms with E-state index in [0.29, 0.717) is 23.9 Å². The van der Waals surface area contributed by atoms with Gasteiger partial charge < -0.3 is 15.0 Å². The van der Waals surface area contributed by atoms with Crippen molar-refractivity contribution in [1.29, 1.82) is 0 Å². The minimum absolute atomic E-state index is 0.0532. The first kappa shape index (κ1) is 18.6. The normalized spacial score (nSPS) is 17.4. The molecule has 3 heterocycles. The Balaban J connectivity index is 2.05. The third-order valence-electron chi connectivity index (χ3n) is 4.68. The minimum Gasteiger partial charge on any atom is -0.462 e. The van der Waals surface area contributed by atoms with Crippen LogP contribution in [0.15, 0.2) is 0 Å². The molecule has 8 heteroatoms. The molecule has 1 aliphatic heterocycles. The van der Waals surface area contributed by atoms with E-state index in [1.54, 1.807) is 14.0 Å². The zero-order valence-electron chi connectivity index (χ0n) is 15.6. The van der Waals surface area contributed by atoms with Crippen LogP contribution in [0.5, 0.6) is 0 Å². The molecule has 0 bridgehead atoms. The van der Waals surface area contributed by atoms with E-state index in [1.165, 1.54) is 11.3 Å². The van der Waals surface area contributed by atoms with Crippen LogP contribution in [0.25, 0.3) is 10.2 Å². The zero-order valence-corrected chi connectivity index (χ0v) is 16.4. The number of hydrogen-bond acceptors (Lipinski definition) is 7. The number of nitrogens with zero attached hydrogens (tertiary/aromatic N) is 3. The van der Waals surface area contributed by atoms with Gasteiger partial charge in [-0.2, -0.15) is 0 Å². The standard InChI is InChI=1S/C18H24N4O3S/c1-5-25-18(24)14-10(2)13-15(20-11(3)21-17(13)26-14)22-8-6-7-12(9-22)16(23)19-4/h12H,5-9H2,1-4H3,(H,19,23)/t12-/m1/s1. The van der Waals surface area contributed by atoms with Crippen molar-refractivity contribution in [3.63, 3.8) is 0 Å². The van der Waals surface area contributed by atoms with Gasteiger partial charge in [0.1, 0.15) is 21.3 Å². The molecule has 1 saturated heterocycles. The van der Waals surface area contributed by atoms with Gasteiger partial charge in [-0.15, -0.1) is 11.3 Å². The number of anilines is 1. The van der Waals surface area contributed by atoms with Gasteiger partial charge in [-0.3, -0.25) is 4.79 Å². The molecule has 1 fully saturated rings. The number of aryl methyl sites for hydroxylation is 2. The van der Waals surface area contributed by atoms with Gasteiger partial charge >= 0.3 is 5.97 Å². The van der Waals surface area contributed by atoms with Crippen molar-refractivity contribution >= 4 is 39.2 Å². The molecule has 1 N–H and O–H groups in total. The van der Waals surface area contributed by atoms with Crippen LogP contribution in [0, 0.1) is 19.8 Å². The summed E-state index contributed by atoms with van der Waals surface area (Å²) in [5.41, 5.74) is 0.848. The SMILES string of the molecule is CCOC(=O)c1sc2nc(C)nc(N3CCC[C@@H](C(=O)NC)C3)c2c1C. The number of fused-ring (bicyclic) bond motifs is 1. The molecular weight excluding hydrogens is 352 g/mol. The monoisotopic (exact) mass is 376 g/mol. The second-order valence-corrected chi connectivity index (χ2v) is 7.45. The molecule has 1 atom stereocenters. The molecule has 0 aromatic carbocycles. The van der Waals surface area contributed by atoms with Crippen molar-refractivity contribution in [2.75, 3.05) is 31.6 Å². The molecule has 0 spiro atoms. The summed E-state index contributed by atoms with van der Waals surface area (Å²) < 4.78 is 5.17. The van der Waals surface area contributed by atoms with Crippen molar-refractivity contribution in [1.82, 2.24) is 15.3 Å². The minimum atomic E-state index is -0.321. The molecule has 2 aromatic heterocycles. The summed E-state index contributed by atoms with van der Waals surface area (Å²) in [6, 6.07) is 0. The number of amides is 1. The Morgan fingerprint density at radius 2 is 2.12 bits per heavy atom. The van der Waals surface area contributed by atoms with Gasteiger partial charge in [0.15, 0.2) is 0 Å². The predicted octanol–water partition coefficient (Wildman–Crippen LogP) is 2.45. The van der Waals surface area contributed by atoms with Crippen LogP contribution in [0.1, 0.15) is 40.8 Å². The molecule has 7 nitrogen and oxygen atoms in total. The van der Waals surface area contributed by atoms with E-state index in [4.69, 9.17) is 4.74 Å². The Morgan fingerprint density at radius 3 is 2.81 bits per heavy atom. The van der Waals surface area contributed by atoms with Crippen LogP contribution in [0.3, 0.4) is 0 Å². The van der Waals surface area contributed by atoms with Crippen molar-refractivity contribution in [2.24, 2.45) is 5.92 Å². The van der Waals surface area contributed by atoms with Gasteiger partial charge in [-0.25, -0.2) is 14.8 Å². The van der Waals surface area contributed by atoms with E-state index < -0.39 is 0 Å². The largest absolute Gasteiger partial charge is 0.462 e. The van der Waals surface area contributed by atoms with E-state index in [9.17, 15) is 9.59 Å². The summed E-state index contributed by atoms with van der Waals surface area (Å²) in [5.74, 6) is 1.16. The average Bonchev–Trinajstić information content (AvgIpc) is 2.97. The van der Waals surface area contributed by atoms with Gasteiger partial charge in [0.05, 0.1) is 17.9 Å². The molecule has 26 heavy (non-hydrogen) atoms. The zero-order chi connectivity index (χ0) is 18.8. The van der Waals surface area contributed by atoms with Gasteiger partial charge in [-0.1, -0.05) is 0 Å². The van der Waals surface area contributed by atoms with Crippen LogP contribution in [-0.4, -0.2) is 48.6 Å². The van der Waals surface area contributed by atoms with Crippen LogP contribution in [0.4, 0.5) is 5.82 Å². The Labute approximate surface area is 156 Å². The van der Waals surface area contributed by atoms with E-state index in [1.807, 2.05) is 13.8 Å². The summed E-state index contributed by atoms with van der Waals surface area (Å²) in [6.07, 6.45) is 1.80. The lowest BCUT2D eigenvalue weighted by Gasteiger charge is -2.33. The number of ether oxygens (including phenoxy) is 1. The second-order valence-electron chi connectivity index (χ2n) is 6.45. The number of carbonyl (C=O) groups excluding carboxylic acids is 2. The summed E-state index contributed by atoms with van der Waals surface area (Å²) in [5, 5.41) is 3.63. The first-order valence-corrected chi connectivity index (χ1v) is 9.69. The Morgan fingerprint density at radius 1 is 1.35 bits per heavy atom. The van der Waals surface area contributed by atoms with Crippen molar-refractivity contribution < 1.29 is 14.3 Å². The highest BCUT2D eigenvalue weighted by Gasteiger charge is 2.29. The van der Waals surface area contributed by atoms with Crippen molar-refractivity contribution in [3.05, 3.63) is 16.3 Å². The molecule has 2 aromatic rings. The predicted molar refractivity (Wildman–Crippen MR) is 102 cm³/mol. The molecule has 0 saturated carbocycles. The lowest BCUT2D eigenvalue weighted by atomic mass is 9.97.